The van der Waals surface area contributed by atoms with Crippen LogP contribution in [0.5, 0.6) is 0 Å². The number of nitrogen functional groups attached to an aromatic ring is 1. The number of carbonyl (C=O) groups is 1. The Labute approximate surface area is 129 Å². The molecule has 1 fully saturated rings. The van der Waals surface area contributed by atoms with Gasteiger partial charge in [-0.05, 0) is 37.5 Å². The average Bonchev–Trinajstić information content (AvgIpc) is 2.95. The van der Waals surface area contributed by atoms with Gasteiger partial charge in [-0.25, -0.2) is 0 Å². The maximum absolute atomic E-state index is 11.8. The third-order valence-corrected chi connectivity index (χ3v) is 3.54. The molecule has 1 amide bonds. The van der Waals surface area contributed by atoms with Crippen LogP contribution in [0.1, 0.15) is 25.7 Å². The van der Waals surface area contributed by atoms with Crippen LogP contribution in [0.3, 0.4) is 0 Å². The first-order valence-corrected chi connectivity index (χ1v) is 7.57. The largest absolute Gasteiger partial charge is 0.397 e. The molecule has 2 rings (SSSR count). The molecule has 0 aromatic heterocycles. The van der Waals surface area contributed by atoms with Crippen molar-refractivity contribution >= 4 is 28.9 Å². The quantitative estimate of drug-likeness (QED) is 0.600. The molecule has 0 radical (unpaired) electrons. The molecule has 116 valence electrons. The highest BCUT2D eigenvalue weighted by Gasteiger charge is 2.15. The Bertz CT molecular complexity index is 476. The van der Waals surface area contributed by atoms with E-state index in [1.807, 2.05) is 0 Å². The number of carbonyl (C=O) groups excluding carboxylic acids is 1. The third-order valence-electron chi connectivity index (χ3n) is 3.31. The van der Waals surface area contributed by atoms with Gasteiger partial charge in [0.25, 0.3) is 0 Å². The van der Waals surface area contributed by atoms with E-state index < -0.39 is 0 Å². The van der Waals surface area contributed by atoms with Crippen molar-refractivity contribution in [2.24, 2.45) is 0 Å². The number of benzene rings is 1. The average molecular weight is 313 g/mol. The van der Waals surface area contributed by atoms with Crippen molar-refractivity contribution in [1.29, 1.82) is 0 Å². The first kappa shape index (κ1) is 16.1. The van der Waals surface area contributed by atoms with Gasteiger partial charge in [-0.1, -0.05) is 11.6 Å². The van der Waals surface area contributed by atoms with E-state index in [0.717, 1.165) is 19.4 Å². The maximum Gasteiger partial charge on any atom is 0.224 e. The van der Waals surface area contributed by atoms with Crippen LogP contribution in [0.2, 0.25) is 5.02 Å². The monoisotopic (exact) mass is 312 g/mol. The Morgan fingerprint density at radius 1 is 1.52 bits per heavy atom. The molecule has 0 aliphatic carbocycles. The molecule has 1 aliphatic rings. The maximum atomic E-state index is 11.8. The van der Waals surface area contributed by atoms with Gasteiger partial charge in [0.2, 0.25) is 5.91 Å². The smallest absolute Gasteiger partial charge is 0.224 e. The Morgan fingerprint density at radius 2 is 2.38 bits per heavy atom. The minimum atomic E-state index is -0.0789. The number of anilines is 2. The molecule has 5 nitrogen and oxygen atoms in total. The lowest BCUT2D eigenvalue weighted by atomic mass is 10.2. The molecule has 1 heterocycles. The number of nitrogens with one attached hydrogen (secondary N) is 1. The van der Waals surface area contributed by atoms with Gasteiger partial charge in [0.15, 0.2) is 0 Å². The zero-order chi connectivity index (χ0) is 15.1. The summed E-state index contributed by atoms with van der Waals surface area (Å²) < 4.78 is 11.0. The van der Waals surface area contributed by atoms with Crippen molar-refractivity contribution in [3.05, 3.63) is 23.2 Å². The predicted molar refractivity (Wildman–Crippen MR) is 83.5 cm³/mol. The van der Waals surface area contributed by atoms with Crippen molar-refractivity contribution in [2.75, 3.05) is 30.9 Å². The van der Waals surface area contributed by atoms with Crippen LogP contribution in [0.15, 0.2) is 18.2 Å². The van der Waals surface area contributed by atoms with Gasteiger partial charge in [0, 0.05) is 24.7 Å². The van der Waals surface area contributed by atoms with Crippen LogP contribution >= 0.6 is 11.6 Å². The summed E-state index contributed by atoms with van der Waals surface area (Å²) in [4.78, 5) is 11.8. The lowest BCUT2D eigenvalue weighted by Gasteiger charge is -2.10. The predicted octanol–water partition coefficient (Wildman–Crippen LogP) is 2.84. The number of hydrogen-bond donors (Lipinski definition) is 2. The number of rotatable bonds is 7. The van der Waals surface area contributed by atoms with E-state index in [1.54, 1.807) is 18.2 Å². The molecular weight excluding hydrogens is 292 g/mol. The SMILES string of the molecule is Nc1cc(Cl)ccc1NC(=O)CCCOCC1CCCO1. The highest BCUT2D eigenvalue weighted by Crippen LogP contribution is 2.22. The highest BCUT2D eigenvalue weighted by molar-refractivity contribution is 6.31. The van der Waals surface area contributed by atoms with Crippen LogP contribution < -0.4 is 11.1 Å². The molecule has 1 aliphatic heterocycles. The Kier molecular flexibility index (Phi) is 6.29. The van der Waals surface area contributed by atoms with Crippen molar-refractivity contribution in [1.82, 2.24) is 0 Å². The number of nitrogens with two attached hydrogens (primary N) is 1. The highest BCUT2D eigenvalue weighted by atomic mass is 35.5. The van der Waals surface area contributed by atoms with Crippen molar-refractivity contribution in [3.8, 4) is 0 Å². The molecular formula is C15H21ClN2O3. The molecule has 6 heteroatoms. The van der Waals surface area contributed by atoms with Gasteiger partial charge in [-0.2, -0.15) is 0 Å². The molecule has 0 bridgehead atoms. The van der Waals surface area contributed by atoms with E-state index in [0.29, 0.717) is 42.5 Å². The van der Waals surface area contributed by atoms with Crippen molar-refractivity contribution in [2.45, 2.75) is 31.8 Å². The summed E-state index contributed by atoms with van der Waals surface area (Å²) in [5, 5.41) is 3.32. The molecule has 0 saturated carbocycles. The molecule has 1 atom stereocenters. The van der Waals surface area contributed by atoms with E-state index in [4.69, 9.17) is 26.8 Å². The minimum Gasteiger partial charge on any atom is -0.397 e. The second kappa shape index (κ2) is 8.22. The first-order valence-electron chi connectivity index (χ1n) is 7.19. The summed E-state index contributed by atoms with van der Waals surface area (Å²) in [5.74, 6) is -0.0789. The van der Waals surface area contributed by atoms with Gasteiger partial charge in [-0.3, -0.25) is 4.79 Å². The van der Waals surface area contributed by atoms with E-state index in [-0.39, 0.29) is 12.0 Å². The van der Waals surface area contributed by atoms with Crippen LogP contribution in [0.4, 0.5) is 11.4 Å². The topological polar surface area (TPSA) is 73.6 Å². The Morgan fingerprint density at radius 3 is 3.10 bits per heavy atom. The number of ether oxygens (including phenoxy) is 2. The van der Waals surface area contributed by atoms with Gasteiger partial charge in [-0.15, -0.1) is 0 Å². The van der Waals surface area contributed by atoms with Crippen molar-refractivity contribution in [3.63, 3.8) is 0 Å². The molecule has 0 spiro atoms. The van der Waals surface area contributed by atoms with Crippen molar-refractivity contribution < 1.29 is 14.3 Å². The summed E-state index contributed by atoms with van der Waals surface area (Å²) in [7, 11) is 0. The van der Waals surface area contributed by atoms with Crippen LogP contribution in [0.25, 0.3) is 0 Å². The van der Waals surface area contributed by atoms with Crippen LogP contribution in [-0.2, 0) is 14.3 Å². The Balaban J connectivity index is 1.60. The summed E-state index contributed by atoms with van der Waals surface area (Å²) in [6.45, 7) is 2.01. The lowest BCUT2D eigenvalue weighted by molar-refractivity contribution is -0.116. The molecule has 3 N–H and O–H groups in total. The lowest BCUT2D eigenvalue weighted by Crippen LogP contribution is -2.16. The fourth-order valence-electron chi connectivity index (χ4n) is 2.19. The minimum absolute atomic E-state index is 0.0789. The van der Waals surface area contributed by atoms with E-state index in [1.165, 1.54) is 0 Å². The zero-order valence-corrected chi connectivity index (χ0v) is 12.7. The second-order valence-electron chi connectivity index (χ2n) is 5.09. The number of amides is 1. The number of hydrogen-bond acceptors (Lipinski definition) is 4. The van der Waals surface area contributed by atoms with Crippen LogP contribution in [0, 0.1) is 0 Å². The van der Waals surface area contributed by atoms with Gasteiger partial charge < -0.3 is 20.5 Å². The zero-order valence-electron chi connectivity index (χ0n) is 11.9. The summed E-state index contributed by atoms with van der Waals surface area (Å²) in [6, 6.07) is 5.00. The second-order valence-corrected chi connectivity index (χ2v) is 5.53. The standard InChI is InChI=1S/C15H21ClN2O3/c16-11-5-6-14(13(17)9-11)18-15(19)4-2-7-20-10-12-3-1-8-21-12/h5-6,9,12H,1-4,7-8,10,17H2,(H,18,19). The summed E-state index contributed by atoms with van der Waals surface area (Å²) in [5.41, 5.74) is 6.83. The molecule has 1 saturated heterocycles. The van der Waals surface area contributed by atoms with Crippen LogP contribution in [-0.4, -0.2) is 31.8 Å². The van der Waals surface area contributed by atoms with E-state index in [2.05, 4.69) is 5.32 Å². The fraction of sp³-hybridized carbons (Fsp3) is 0.533. The van der Waals surface area contributed by atoms with E-state index >= 15 is 0 Å². The molecule has 1 unspecified atom stereocenters. The first-order chi connectivity index (χ1) is 10.1. The molecule has 1 aromatic carbocycles. The summed E-state index contributed by atoms with van der Waals surface area (Å²) in [6.07, 6.45) is 3.47. The summed E-state index contributed by atoms with van der Waals surface area (Å²) >= 11 is 5.81. The number of halogens is 1. The molecule has 21 heavy (non-hydrogen) atoms. The Hall–Kier alpha value is -1.30. The molecule has 1 aromatic rings. The van der Waals surface area contributed by atoms with E-state index in [9.17, 15) is 4.79 Å². The normalized spacial score (nSPS) is 17.9. The fourth-order valence-corrected chi connectivity index (χ4v) is 2.37. The van der Waals surface area contributed by atoms with Gasteiger partial charge in [0.1, 0.15) is 0 Å². The van der Waals surface area contributed by atoms with Gasteiger partial charge in [0.05, 0.1) is 24.1 Å². The van der Waals surface area contributed by atoms with Gasteiger partial charge >= 0.3 is 0 Å². The third kappa shape index (κ3) is 5.53.